The summed E-state index contributed by atoms with van der Waals surface area (Å²) in [6, 6.07) is 19.6. The zero-order chi connectivity index (χ0) is 30.2. The quantitative estimate of drug-likeness (QED) is 0.299. The second-order valence-electron chi connectivity index (χ2n) is 11.8. The summed E-state index contributed by atoms with van der Waals surface area (Å²) in [5, 5.41) is 42.2. The highest BCUT2D eigenvalue weighted by atomic mass is 19.1. The largest absolute Gasteiger partial charge is 0.508 e. The Morgan fingerprint density at radius 1 is 1.00 bits per heavy atom. The molecule has 2 saturated heterocycles. The first-order valence-electron chi connectivity index (χ1n) is 14.6. The van der Waals surface area contributed by atoms with E-state index in [0.717, 1.165) is 17.2 Å². The summed E-state index contributed by atoms with van der Waals surface area (Å²) in [4.78, 5) is 11.3. The molecule has 6 rings (SSSR count). The Hall–Kier alpha value is -4.91. The molecule has 216 valence electrons. The van der Waals surface area contributed by atoms with Crippen molar-refractivity contribution in [1.82, 2.24) is 9.88 Å². The SMILES string of the molecule is CN(C)C1CN(c2nc(N3CCC(CC#N)C3)c3cc(CCC#N)c(-c4cc(O)cc5ccccc45)c(F)c3c2C#N)C1. The molecule has 0 spiro atoms. The lowest BCUT2D eigenvalue weighted by Crippen LogP contribution is -2.58. The summed E-state index contributed by atoms with van der Waals surface area (Å²) in [6.45, 7) is 2.63. The smallest absolute Gasteiger partial charge is 0.149 e. The van der Waals surface area contributed by atoms with Crippen LogP contribution in [0.5, 0.6) is 5.75 Å². The lowest BCUT2D eigenvalue weighted by Gasteiger charge is -2.44. The molecule has 43 heavy (non-hydrogen) atoms. The maximum absolute atomic E-state index is 17.4. The fourth-order valence-corrected chi connectivity index (χ4v) is 6.48. The number of hydrogen-bond acceptors (Lipinski definition) is 8. The Morgan fingerprint density at radius 3 is 2.51 bits per heavy atom. The number of hydrogen-bond donors (Lipinski definition) is 1. The number of nitrogens with zero attached hydrogens (tertiary/aromatic N) is 7. The van der Waals surface area contributed by atoms with Crippen LogP contribution in [0.1, 0.15) is 30.4 Å². The van der Waals surface area contributed by atoms with Crippen LogP contribution in [-0.4, -0.2) is 61.3 Å². The summed E-state index contributed by atoms with van der Waals surface area (Å²) in [6.07, 6.45) is 1.73. The molecular formula is C34H32FN7O. The molecule has 0 aliphatic carbocycles. The summed E-state index contributed by atoms with van der Waals surface area (Å²) < 4.78 is 17.4. The van der Waals surface area contributed by atoms with Crippen molar-refractivity contribution in [3.8, 4) is 35.1 Å². The number of halogens is 1. The monoisotopic (exact) mass is 573 g/mol. The number of rotatable bonds is 7. The highest BCUT2D eigenvalue weighted by Gasteiger charge is 2.35. The molecule has 2 fully saturated rings. The molecule has 0 amide bonds. The minimum atomic E-state index is -0.555. The number of anilines is 2. The fraction of sp³-hybridized carbons (Fsp3) is 0.353. The third-order valence-electron chi connectivity index (χ3n) is 8.87. The van der Waals surface area contributed by atoms with E-state index in [1.165, 1.54) is 0 Å². The van der Waals surface area contributed by atoms with Crippen molar-refractivity contribution >= 4 is 33.2 Å². The molecule has 4 aromatic rings. The third-order valence-corrected chi connectivity index (χ3v) is 8.87. The standard InChI is InChI=1S/C34H32FN7O/c1-40(2)24-19-42(20-24)34-29(17-38)31-28(33(39-34)41-13-10-21(18-41)9-12-37)15-23(7-5-11-36)30(32(31)35)27-16-25(43)14-22-6-3-4-8-26(22)27/h3-4,6,8,14-16,21,24,43H,5,7,9-10,13,18-20H2,1-2H3. The lowest BCUT2D eigenvalue weighted by molar-refractivity contribution is 0.246. The van der Waals surface area contributed by atoms with Gasteiger partial charge in [-0.05, 0) is 73.0 Å². The van der Waals surface area contributed by atoms with Gasteiger partial charge in [0.05, 0.1) is 12.1 Å². The first-order chi connectivity index (χ1) is 20.8. The van der Waals surface area contributed by atoms with Crippen LogP contribution in [-0.2, 0) is 6.42 Å². The first kappa shape index (κ1) is 28.2. The van der Waals surface area contributed by atoms with Gasteiger partial charge in [0.1, 0.15) is 34.8 Å². The van der Waals surface area contributed by atoms with Crippen molar-refractivity contribution in [2.45, 2.75) is 31.7 Å². The van der Waals surface area contributed by atoms with Gasteiger partial charge in [0, 0.05) is 61.4 Å². The second kappa shape index (κ2) is 11.4. The van der Waals surface area contributed by atoms with E-state index >= 15 is 4.39 Å². The number of likely N-dealkylation sites (N-methyl/N-ethyl adjacent to an activating group) is 1. The van der Waals surface area contributed by atoms with Gasteiger partial charge in [-0.25, -0.2) is 9.37 Å². The predicted molar refractivity (Wildman–Crippen MR) is 165 cm³/mol. The van der Waals surface area contributed by atoms with Crippen molar-refractivity contribution in [3.05, 3.63) is 59.4 Å². The fourth-order valence-electron chi connectivity index (χ4n) is 6.48. The van der Waals surface area contributed by atoms with E-state index in [1.54, 1.807) is 12.1 Å². The van der Waals surface area contributed by atoms with Crippen molar-refractivity contribution in [2.24, 2.45) is 5.92 Å². The van der Waals surface area contributed by atoms with Crippen LogP contribution in [0.25, 0.3) is 32.7 Å². The Morgan fingerprint density at radius 2 is 1.79 bits per heavy atom. The summed E-state index contributed by atoms with van der Waals surface area (Å²) in [7, 11) is 4.03. The number of aromatic nitrogens is 1. The van der Waals surface area contributed by atoms with Crippen molar-refractivity contribution in [2.75, 3.05) is 50.1 Å². The molecule has 9 heteroatoms. The normalized spacial score (nSPS) is 16.8. The number of aryl methyl sites for hydroxylation is 1. The Balaban J connectivity index is 1.66. The number of benzene rings is 3. The maximum Gasteiger partial charge on any atom is 0.149 e. The molecule has 2 aliphatic heterocycles. The minimum Gasteiger partial charge on any atom is -0.508 e. The highest BCUT2D eigenvalue weighted by Crippen LogP contribution is 2.45. The van der Waals surface area contributed by atoms with Gasteiger partial charge in [0.15, 0.2) is 0 Å². The van der Waals surface area contributed by atoms with E-state index in [9.17, 15) is 20.9 Å². The predicted octanol–water partition coefficient (Wildman–Crippen LogP) is 5.72. The number of pyridine rings is 1. The second-order valence-corrected chi connectivity index (χ2v) is 11.8. The Kier molecular flexibility index (Phi) is 7.48. The molecule has 3 aromatic carbocycles. The molecule has 1 N–H and O–H groups in total. The zero-order valence-corrected chi connectivity index (χ0v) is 24.3. The average Bonchev–Trinajstić information content (AvgIpc) is 3.43. The molecule has 0 saturated carbocycles. The molecule has 2 aliphatic rings. The van der Waals surface area contributed by atoms with Crippen LogP contribution < -0.4 is 9.80 Å². The maximum atomic E-state index is 17.4. The molecule has 8 nitrogen and oxygen atoms in total. The van der Waals surface area contributed by atoms with Gasteiger partial charge in [-0.15, -0.1) is 0 Å². The van der Waals surface area contributed by atoms with Crippen LogP contribution in [0, 0.1) is 45.7 Å². The van der Waals surface area contributed by atoms with Crippen molar-refractivity contribution < 1.29 is 9.50 Å². The van der Waals surface area contributed by atoms with Gasteiger partial charge in [0.25, 0.3) is 0 Å². The van der Waals surface area contributed by atoms with Crippen LogP contribution in [0.15, 0.2) is 42.5 Å². The zero-order valence-electron chi connectivity index (χ0n) is 24.3. The molecule has 1 unspecified atom stereocenters. The third kappa shape index (κ3) is 4.95. The van der Waals surface area contributed by atoms with Gasteiger partial charge in [-0.2, -0.15) is 15.8 Å². The molecular weight excluding hydrogens is 541 g/mol. The Bertz CT molecular complexity index is 1860. The van der Waals surface area contributed by atoms with E-state index in [2.05, 4.69) is 28.0 Å². The van der Waals surface area contributed by atoms with Crippen molar-refractivity contribution in [1.29, 1.82) is 15.8 Å². The number of phenols is 1. The topological polar surface area (TPSA) is 114 Å². The average molecular weight is 574 g/mol. The summed E-state index contributed by atoms with van der Waals surface area (Å²) in [5.41, 5.74) is 1.59. The molecule has 3 heterocycles. The Labute approximate surface area is 250 Å². The van der Waals surface area contributed by atoms with E-state index in [4.69, 9.17) is 4.98 Å². The lowest BCUT2D eigenvalue weighted by atomic mass is 9.88. The van der Waals surface area contributed by atoms with Crippen molar-refractivity contribution in [3.63, 3.8) is 0 Å². The molecule has 0 radical (unpaired) electrons. The van der Waals surface area contributed by atoms with E-state index < -0.39 is 5.82 Å². The number of fused-ring (bicyclic) bond motifs is 2. The number of phenolic OH excluding ortho intramolecular Hbond substituents is 1. The van der Waals surface area contributed by atoms with E-state index in [1.807, 2.05) is 49.3 Å². The van der Waals surface area contributed by atoms with E-state index in [0.29, 0.717) is 73.2 Å². The number of aromatic hydroxyl groups is 1. The van der Waals surface area contributed by atoms with Gasteiger partial charge in [-0.3, -0.25) is 0 Å². The summed E-state index contributed by atoms with van der Waals surface area (Å²) in [5.74, 6) is 0.695. The van der Waals surface area contributed by atoms with Gasteiger partial charge in [-0.1, -0.05) is 24.3 Å². The molecule has 1 aromatic heterocycles. The van der Waals surface area contributed by atoms with Gasteiger partial charge < -0.3 is 19.8 Å². The van der Waals surface area contributed by atoms with E-state index in [-0.39, 0.29) is 34.6 Å². The molecule has 0 bridgehead atoms. The van der Waals surface area contributed by atoms with Crippen LogP contribution in [0.2, 0.25) is 0 Å². The first-order valence-corrected chi connectivity index (χ1v) is 14.6. The summed E-state index contributed by atoms with van der Waals surface area (Å²) >= 11 is 0. The molecule has 1 atom stereocenters. The van der Waals surface area contributed by atoms with Gasteiger partial charge >= 0.3 is 0 Å². The van der Waals surface area contributed by atoms with Crippen LogP contribution in [0.3, 0.4) is 0 Å². The van der Waals surface area contributed by atoms with Gasteiger partial charge in [0.2, 0.25) is 0 Å². The number of nitriles is 3. The minimum absolute atomic E-state index is 0.00644. The van der Waals surface area contributed by atoms with Crippen LogP contribution >= 0.6 is 0 Å². The van der Waals surface area contributed by atoms with Crippen LogP contribution in [0.4, 0.5) is 16.0 Å². The highest BCUT2D eigenvalue weighted by molar-refractivity contribution is 6.06.